The van der Waals surface area contributed by atoms with Gasteiger partial charge in [0.1, 0.15) is 11.6 Å². The van der Waals surface area contributed by atoms with Gasteiger partial charge in [-0.15, -0.1) is 0 Å². The summed E-state index contributed by atoms with van der Waals surface area (Å²) in [5, 5.41) is 0.711. The Hall–Kier alpha value is -2.80. The molecule has 5 nitrogen and oxygen atoms in total. The average Bonchev–Trinajstić information content (AvgIpc) is 3.18. The topological polar surface area (TPSA) is 49.3 Å². The minimum atomic E-state index is -0.255. The highest BCUT2D eigenvalue weighted by Crippen LogP contribution is 2.21. The van der Waals surface area contributed by atoms with Gasteiger partial charge in [-0.1, -0.05) is 36.4 Å². The van der Waals surface area contributed by atoms with Crippen molar-refractivity contribution in [3.05, 3.63) is 76.9 Å². The normalized spacial score (nSPS) is 13.3. The summed E-state index contributed by atoms with van der Waals surface area (Å²) in [6.45, 7) is 1.68. The molecule has 7 heteroatoms. The van der Waals surface area contributed by atoms with Gasteiger partial charge in [-0.2, -0.15) is 4.37 Å². The molecule has 0 radical (unpaired) electrons. The Labute approximate surface area is 167 Å². The molecule has 1 aliphatic rings. The van der Waals surface area contributed by atoms with E-state index in [4.69, 9.17) is 0 Å². The van der Waals surface area contributed by atoms with E-state index in [1.807, 2.05) is 29.0 Å². The molecule has 1 aromatic heterocycles. The standard InChI is InChI=1S/C21H21FN4OS/c1-25(14-20(27)26-11-10-16-4-2-3-5-17(16)13-26)21-23-19(24-28-21)12-15-6-8-18(22)9-7-15/h2-9H,10-14H2,1H3. The molecule has 0 N–H and O–H groups in total. The quantitative estimate of drug-likeness (QED) is 0.664. The molecule has 1 aliphatic heterocycles. The number of hydrogen-bond acceptors (Lipinski definition) is 5. The Morgan fingerprint density at radius 1 is 1.18 bits per heavy atom. The molecule has 2 aromatic carbocycles. The first-order valence-corrected chi connectivity index (χ1v) is 9.98. The van der Waals surface area contributed by atoms with Crippen molar-refractivity contribution in [2.75, 3.05) is 25.0 Å². The number of anilines is 1. The molecule has 0 atom stereocenters. The van der Waals surface area contributed by atoms with Crippen LogP contribution in [0.3, 0.4) is 0 Å². The number of hydrogen-bond donors (Lipinski definition) is 0. The van der Waals surface area contributed by atoms with Crippen LogP contribution in [0.15, 0.2) is 48.5 Å². The molecule has 144 valence electrons. The number of likely N-dealkylation sites (N-methyl/N-ethyl adjacent to an activating group) is 1. The maximum Gasteiger partial charge on any atom is 0.242 e. The second-order valence-corrected chi connectivity index (χ2v) is 7.72. The number of amides is 1. The van der Waals surface area contributed by atoms with Crippen LogP contribution in [0.2, 0.25) is 0 Å². The number of halogens is 1. The van der Waals surface area contributed by atoms with Gasteiger partial charge in [0.05, 0.1) is 6.54 Å². The predicted molar refractivity (Wildman–Crippen MR) is 108 cm³/mol. The van der Waals surface area contributed by atoms with E-state index in [2.05, 4.69) is 21.5 Å². The first kappa shape index (κ1) is 18.6. The summed E-state index contributed by atoms with van der Waals surface area (Å²) < 4.78 is 17.4. The highest BCUT2D eigenvalue weighted by Gasteiger charge is 2.22. The maximum absolute atomic E-state index is 13.0. The third kappa shape index (κ3) is 4.20. The van der Waals surface area contributed by atoms with E-state index in [1.54, 1.807) is 12.1 Å². The van der Waals surface area contributed by atoms with E-state index in [0.29, 0.717) is 23.9 Å². The molecule has 0 unspecified atom stereocenters. The molecule has 0 saturated carbocycles. The number of rotatable bonds is 5. The third-order valence-corrected chi connectivity index (χ3v) is 5.78. The Balaban J connectivity index is 1.36. The minimum absolute atomic E-state index is 0.0901. The van der Waals surface area contributed by atoms with Crippen LogP contribution >= 0.6 is 11.5 Å². The lowest BCUT2D eigenvalue weighted by molar-refractivity contribution is -0.130. The van der Waals surface area contributed by atoms with Crippen molar-refractivity contribution >= 4 is 22.6 Å². The van der Waals surface area contributed by atoms with Gasteiger partial charge in [0.25, 0.3) is 0 Å². The Kier molecular flexibility index (Phi) is 5.34. The second kappa shape index (κ2) is 8.06. The van der Waals surface area contributed by atoms with Crippen molar-refractivity contribution in [1.29, 1.82) is 0 Å². The number of fused-ring (bicyclic) bond motifs is 1. The Morgan fingerprint density at radius 3 is 2.71 bits per heavy atom. The molecule has 28 heavy (non-hydrogen) atoms. The molecule has 0 aliphatic carbocycles. The number of nitrogens with zero attached hydrogens (tertiary/aromatic N) is 4. The third-order valence-electron chi connectivity index (χ3n) is 4.92. The fourth-order valence-corrected chi connectivity index (χ4v) is 3.98. The molecular weight excluding hydrogens is 375 g/mol. The monoisotopic (exact) mass is 396 g/mol. The molecule has 0 bridgehead atoms. The minimum Gasteiger partial charge on any atom is -0.341 e. The molecule has 3 aromatic rings. The number of carbonyl (C=O) groups excluding carboxylic acids is 1. The molecular formula is C21H21FN4OS. The fourth-order valence-electron chi connectivity index (χ4n) is 3.34. The van der Waals surface area contributed by atoms with Crippen molar-refractivity contribution in [1.82, 2.24) is 14.3 Å². The Morgan fingerprint density at radius 2 is 1.93 bits per heavy atom. The van der Waals surface area contributed by atoms with Crippen molar-refractivity contribution in [3.63, 3.8) is 0 Å². The molecule has 2 heterocycles. The SMILES string of the molecule is CN(CC(=O)N1CCc2ccccc2C1)c1nc(Cc2ccc(F)cc2)ns1. The van der Waals surface area contributed by atoms with Crippen LogP contribution in [0.25, 0.3) is 0 Å². The lowest BCUT2D eigenvalue weighted by Crippen LogP contribution is -2.41. The largest absolute Gasteiger partial charge is 0.341 e. The first-order valence-electron chi connectivity index (χ1n) is 9.21. The number of carbonyl (C=O) groups is 1. The summed E-state index contributed by atoms with van der Waals surface area (Å²) in [5.74, 6) is 0.513. The van der Waals surface area contributed by atoms with Gasteiger partial charge in [-0.25, -0.2) is 9.37 Å². The highest BCUT2D eigenvalue weighted by atomic mass is 32.1. The van der Waals surface area contributed by atoms with Gasteiger partial charge in [-0.3, -0.25) is 4.79 Å². The van der Waals surface area contributed by atoms with Crippen molar-refractivity contribution in [2.24, 2.45) is 0 Å². The molecule has 0 saturated heterocycles. The van der Waals surface area contributed by atoms with Crippen LogP contribution in [0.4, 0.5) is 9.52 Å². The lowest BCUT2D eigenvalue weighted by Gasteiger charge is -2.30. The van der Waals surface area contributed by atoms with Crippen LogP contribution in [0.1, 0.15) is 22.5 Å². The van der Waals surface area contributed by atoms with E-state index in [0.717, 1.165) is 18.5 Å². The number of benzene rings is 2. The fraction of sp³-hybridized carbons (Fsp3) is 0.286. The molecule has 1 amide bonds. The summed E-state index contributed by atoms with van der Waals surface area (Å²) in [7, 11) is 1.86. The maximum atomic E-state index is 13.0. The smallest absolute Gasteiger partial charge is 0.242 e. The zero-order chi connectivity index (χ0) is 19.5. The number of aromatic nitrogens is 2. The lowest BCUT2D eigenvalue weighted by atomic mass is 10.00. The highest BCUT2D eigenvalue weighted by molar-refractivity contribution is 7.09. The first-order chi connectivity index (χ1) is 13.6. The average molecular weight is 396 g/mol. The van der Waals surface area contributed by atoms with Gasteiger partial charge in [-0.05, 0) is 35.2 Å². The molecule has 0 spiro atoms. The van der Waals surface area contributed by atoms with E-state index >= 15 is 0 Å². The summed E-state index contributed by atoms with van der Waals surface area (Å²) in [4.78, 5) is 21.0. The summed E-state index contributed by atoms with van der Waals surface area (Å²) in [5.41, 5.74) is 3.51. The predicted octanol–water partition coefficient (Wildman–Crippen LogP) is 3.29. The van der Waals surface area contributed by atoms with E-state index < -0.39 is 0 Å². The zero-order valence-corrected chi connectivity index (χ0v) is 16.5. The molecule has 0 fully saturated rings. The van der Waals surface area contributed by atoms with E-state index in [-0.39, 0.29) is 18.3 Å². The second-order valence-electron chi connectivity index (χ2n) is 6.99. The summed E-state index contributed by atoms with van der Waals surface area (Å²) in [6, 6.07) is 14.6. The van der Waals surface area contributed by atoms with Gasteiger partial charge in [0, 0.05) is 38.1 Å². The van der Waals surface area contributed by atoms with Crippen LogP contribution in [0, 0.1) is 5.82 Å². The van der Waals surface area contributed by atoms with Gasteiger partial charge in [0.2, 0.25) is 11.0 Å². The summed E-state index contributed by atoms with van der Waals surface area (Å²) >= 11 is 1.28. The Bertz CT molecular complexity index is 973. The van der Waals surface area contributed by atoms with Crippen LogP contribution < -0.4 is 4.90 Å². The van der Waals surface area contributed by atoms with Crippen LogP contribution in [-0.4, -0.2) is 40.3 Å². The van der Waals surface area contributed by atoms with Crippen molar-refractivity contribution in [2.45, 2.75) is 19.4 Å². The van der Waals surface area contributed by atoms with E-state index in [9.17, 15) is 9.18 Å². The van der Waals surface area contributed by atoms with E-state index in [1.165, 1.54) is 34.8 Å². The van der Waals surface area contributed by atoms with Gasteiger partial charge < -0.3 is 9.80 Å². The van der Waals surface area contributed by atoms with Crippen LogP contribution in [-0.2, 0) is 24.2 Å². The zero-order valence-electron chi connectivity index (χ0n) is 15.6. The van der Waals surface area contributed by atoms with Crippen molar-refractivity contribution in [3.8, 4) is 0 Å². The summed E-state index contributed by atoms with van der Waals surface area (Å²) in [6.07, 6.45) is 1.44. The molecule has 4 rings (SSSR count). The van der Waals surface area contributed by atoms with Gasteiger partial charge in [0.15, 0.2) is 0 Å². The van der Waals surface area contributed by atoms with Gasteiger partial charge >= 0.3 is 0 Å². The van der Waals surface area contributed by atoms with Crippen LogP contribution in [0.5, 0.6) is 0 Å². The van der Waals surface area contributed by atoms with Crippen molar-refractivity contribution < 1.29 is 9.18 Å².